The highest BCUT2D eigenvalue weighted by Gasteiger charge is 2.35. The molecule has 1 aromatic heterocycles. The number of hydrogen-bond acceptors (Lipinski definition) is 5. The number of thiazole rings is 1. The van der Waals surface area contributed by atoms with E-state index in [0.717, 1.165) is 23.5 Å². The zero-order chi connectivity index (χ0) is 19.6. The Morgan fingerprint density at radius 2 is 1.89 bits per heavy atom. The molecule has 1 aliphatic heterocycles. The van der Waals surface area contributed by atoms with Crippen LogP contribution in [0.15, 0.2) is 30.5 Å². The molecule has 1 aliphatic rings. The van der Waals surface area contributed by atoms with E-state index in [9.17, 15) is 22.8 Å². The van der Waals surface area contributed by atoms with E-state index < -0.39 is 29.2 Å². The predicted octanol–water partition coefficient (Wildman–Crippen LogP) is 3.95. The zero-order valence-corrected chi connectivity index (χ0v) is 14.8. The number of carbonyl (C=O) groups excluding carboxylic acids is 1. The van der Waals surface area contributed by atoms with Gasteiger partial charge in [-0.1, -0.05) is 29.5 Å². The Kier molecular flexibility index (Phi) is 5.36. The number of alkyl halides is 3. The second kappa shape index (κ2) is 7.55. The predicted molar refractivity (Wildman–Crippen MR) is 93.2 cm³/mol. The summed E-state index contributed by atoms with van der Waals surface area (Å²) < 4.78 is 39.3. The molecule has 0 radical (unpaired) electrons. The van der Waals surface area contributed by atoms with Crippen LogP contribution in [-0.2, 0) is 6.18 Å². The Morgan fingerprint density at radius 3 is 2.52 bits per heavy atom. The van der Waals surface area contributed by atoms with Crippen molar-refractivity contribution in [3.05, 3.63) is 46.5 Å². The first-order chi connectivity index (χ1) is 12.8. The molecule has 27 heavy (non-hydrogen) atoms. The molecule has 0 unspecified atom stereocenters. The molecule has 0 bridgehead atoms. The average Bonchev–Trinajstić information content (AvgIpc) is 3.09. The first-order valence-electron chi connectivity index (χ1n) is 8.17. The first kappa shape index (κ1) is 19.2. The molecule has 2 N–H and O–H groups in total. The number of aromatic nitrogens is 1. The highest BCUT2D eigenvalue weighted by atomic mass is 32.1. The third-order valence-electron chi connectivity index (χ3n) is 4.30. The van der Waals surface area contributed by atoms with Crippen molar-refractivity contribution in [2.45, 2.75) is 25.1 Å². The van der Waals surface area contributed by atoms with Crippen LogP contribution in [0, 0.1) is 0 Å². The van der Waals surface area contributed by atoms with E-state index in [-0.39, 0.29) is 10.9 Å². The van der Waals surface area contributed by atoms with E-state index in [4.69, 9.17) is 5.11 Å². The molecule has 0 saturated carbocycles. The molecule has 1 fully saturated rings. The lowest BCUT2D eigenvalue weighted by molar-refractivity contribution is -0.137. The molecule has 3 rings (SSSR count). The summed E-state index contributed by atoms with van der Waals surface area (Å²) in [4.78, 5) is 28.9. The van der Waals surface area contributed by atoms with E-state index in [1.54, 1.807) is 0 Å². The number of benzene rings is 1. The number of rotatable bonds is 4. The second-order valence-corrected chi connectivity index (χ2v) is 7.12. The van der Waals surface area contributed by atoms with Gasteiger partial charge < -0.3 is 15.3 Å². The lowest BCUT2D eigenvalue weighted by atomic mass is 10.0. The fourth-order valence-corrected chi connectivity index (χ4v) is 3.74. The smallest absolute Gasteiger partial charge is 0.417 e. The highest BCUT2D eigenvalue weighted by molar-refractivity contribution is 7.17. The Morgan fingerprint density at radius 1 is 1.22 bits per heavy atom. The number of amides is 1. The van der Waals surface area contributed by atoms with E-state index in [1.807, 2.05) is 0 Å². The maximum atomic E-state index is 13.1. The van der Waals surface area contributed by atoms with Crippen LogP contribution in [0.25, 0.3) is 0 Å². The number of halogens is 3. The van der Waals surface area contributed by atoms with Gasteiger partial charge in [-0.15, -0.1) is 0 Å². The number of carboxylic acid groups (broad SMARTS) is 1. The second-order valence-electron chi connectivity index (χ2n) is 6.09. The maximum absolute atomic E-state index is 13.1. The fraction of sp³-hybridized carbons (Fsp3) is 0.353. The summed E-state index contributed by atoms with van der Waals surface area (Å²) in [7, 11) is 0. The van der Waals surface area contributed by atoms with E-state index in [0.29, 0.717) is 31.1 Å². The largest absolute Gasteiger partial charge is 0.465 e. The van der Waals surface area contributed by atoms with Crippen LogP contribution in [-0.4, -0.2) is 46.0 Å². The lowest BCUT2D eigenvalue weighted by Crippen LogP contribution is -2.41. The molecule has 144 valence electrons. The van der Waals surface area contributed by atoms with Crippen LogP contribution < -0.4 is 5.32 Å². The van der Waals surface area contributed by atoms with Crippen molar-refractivity contribution in [2.75, 3.05) is 18.4 Å². The van der Waals surface area contributed by atoms with Gasteiger partial charge in [-0.05, 0) is 18.9 Å². The highest BCUT2D eigenvalue weighted by Crippen LogP contribution is 2.34. The number of nitrogens with zero attached hydrogens (tertiary/aromatic N) is 2. The monoisotopic (exact) mass is 399 g/mol. The van der Waals surface area contributed by atoms with Crippen LogP contribution in [0.1, 0.15) is 33.6 Å². The topological polar surface area (TPSA) is 82.5 Å². The minimum Gasteiger partial charge on any atom is -0.465 e. The van der Waals surface area contributed by atoms with Gasteiger partial charge in [-0.3, -0.25) is 4.79 Å². The molecule has 1 saturated heterocycles. The average molecular weight is 399 g/mol. The first-order valence-corrected chi connectivity index (χ1v) is 8.98. The van der Waals surface area contributed by atoms with Gasteiger partial charge in [0, 0.05) is 24.7 Å². The molecule has 0 aliphatic carbocycles. The van der Waals surface area contributed by atoms with Gasteiger partial charge in [0.15, 0.2) is 5.13 Å². The van der Waals surface area contributed by atoms with E-state index >= 15 is 0 Å². The summed E-state index contributed by atoms with van der Waals surface area (Å²) in [5.41, 5.74) is -1.38. The molecule has 2 aromatic rings. The maximum Gasteiger partial charge on any atom is 0.417 e. The van der Waals surface area contributed by atoms with E-state index in [1.165, 1.54) is 23.2 Å². The standard InChI is InChI=1S/C17H16F3N3O3S/c18-17(19,20)12-4-2-1-3-11(12)14(24)13-9-21-15(27-13)22-10-5-7-23(8-6-10)16(25)26/h1-4,9-10H,5-8H2,(H,21,22)(H,25,26). The van der Waals surface area contributed by atoms with Gasteiger partial charge in [0.1, 0.15) is 0 Å². The summed E-state index contributed by atoms with van der Waals surface area (Å²) in [5, 5.41) is 12.5. The van der Waals surface area contributed by atoms with Crippen LogP contribution in [0.3, 0.4) is 0 Å². The van der Waals surface area contributed by atoms with Crippen molar-refractivity contribution in [3.63, 3.8) is 0 Å². The summed E-state index contributed by atoms with van der Waals surface area (Å²) in [6.45, 7) is 0.784. The Labute approximate surface area is 156 Å². The van der Waals surface area contributed by atoms with Gasteiger partial charge in [0.2, 0.25) is 5.78 Å². The number of piperidine rings is 1. The molecule has 2 heterocycles. The van der Waals surface area contributed by atoms with Crippen molar-refractivity contribution in [1.29, 1.82) is 0 Å². The van der Waals surface area contributed by atoms with Crippen LogP contribution in [0.5, 0.6) is 0 Å². The molecular formula is C17H16F3N3O3S. The van der Waals surface area contributed by atoms with Crippen LogP contribution in [0.2, 0.25) is 0 Å². The minimum atomic E-state index is -4.61. The van der Waals surface area contributed by atoms with Crippen molar-refractivity contribution < 1.29 is 27.9 Å². The number of carbonyl (C=O) groups is 2. The third-order valence-corrected chi connectivity index (χ3v) is 5.23. The Balaban J connectivity index is 1.70. The van der Waals surface area contributed by atoms with Gasteiger partial charge in [-0.2, -0.15) is 13.2 Å². The zero-order valence-electron chi connectivity index (χ0n) is 14.0. The van der Waals surface area contributed by atoms with E-state index in [2.05, 4.69) is 10.3 Å². The van der Waals surface area contributed by atoms with Gasteiger partial charge in [0.05, 0.1) is 16.6 Å². The molecule has 1 aromatic carbocycles. The third kappa shape index (κ3) is 4.38. The molecule has 1 amide bonds. The van der Waals surface area contributed by atoms with Crippen molar-refractivity contribution in [1.82, 2.24) is 9.88 Å². The quantitative estimate of drug-likeness (QED) is 0.761. The molecule has 6 nitrogen and oxygen atoms in total. The summed E-state index contributed by atoms with van der Waals surface area (Å²) in [6, 6.07) is 4.66. The molecule has 10 heteroatoms. The number of anilines is 1. The SMILES string of the molecule is O=C(c1cnc(NC2CCN(C(=O)O)CC2)s1)c1ccccc1C(F)(F)F. The molecular weight excluding hydrogens is 383 g/mol. The van der Waals surface area contributed by atoms with Crippen LogP contribution >= 0.6 is 11.3 Å². The summed E-state index contributed by atoms with van der Waals surface area (Å²) in [6.07, 6.45) is -3.14. The lowest BCUT2D eigenvalue weighted by Gasteiger charge is -2.30. The Hall–Kier alpha value is -2.62. The van der Waals surface area contributed by atoms with Crippen molar-refractivity contribution >= 4 is 28.3 Å². The number of likely N-dealkylation sites (tertiary alicyclic amines) is 1. The normalized spacial score (nSPS) is 15.6. The number of hydrogen-bond donors (Lipinski definition) is 2. The summed E-state index contributed by atoms with van der Waals surface area (Å²) in [5.74, 6) is -0.728. The van der Waals surface area contributed by atoms with Crippen LogP contribution in [0.4, 0.5) is 23.1 Å². The minimum absolute atomic E-state index is 0.00263. The number of ketones is 1. The van der Waals surface area contributed by atoms with Gasteiger partial charge in [0.25, 0.3) is 0 Å². The number of nitrogens with one attached hydrogen (secondary N) is 1. The Bertz CT molecular complexity index is 845. The molecule has 0 spiro atoms. The van der Waals surface area contributed by atoms with Crippen molar-refractivity contribution in [3.8, 4) is 0 Å². The summed E-state index contributed by atoms with van der Waals surface area (Å²) >= 11 is 0.987. The van der Waals surface area contributed by atoms with Gasteiger partial charge >= 0.3 is 12.3 Å². The fourth-order valence-electron chi connectivity index (χ4n) is 2.90. The molecule has 0 atom stereocenters. The van der Waals surface area contributed by atoms with Gasteiger partial charge in [-0.25, -0.2) is 9.78 Å². The van der Waals surface area contributed by atoms with Crippen molar-refractivity contribution in [2.24, 2.45) is 0 Å².